The van der Waals surface area contributed by atoms with Crippen molar-refractivity contribution in [3.05, 3.63) is 34.4 Å². The minimum atomic E-state index is -1.07. The van der Waals surface area contributed by atoms with Gasteiger partial charge in [0.15, 0.2) is 11.6 Å². The van der Waals surface area contributed by atoms with Gasteiger partial charge in [-0.1, -0.05) is 17.7 Å². The molecule has 0 saturated carbocycles. The van der Waals surface area contributed by atoms with Gasteiger partial charge in [-0.05, 0) is 45.4 Å². The normalized spacial score (nSPS) is 14.2. The van der Waals surface area contributed by atoms with E-state index in [1.54, 1.807) is 0 Å². The molecule has 0 bridgehead atoms. The summed E-state index contributed by atoms with van der Waals surface area (Å²) >= 11 is 5.65. The van der Waals surface area contributed by atoms with Crippen LogP contribution < -0.4 is 10.1 Å². The molecule has 134 valence electrons. The number of hydrogen-bond donors (Lipinski definition) is 1. The summed E-state index contributed by atoms with van der Waals surface area (Å²) in [6, 6.07) is 1.41. The van der Waals surface area contributed by atoms with Crippen molar-refractivity contribution in [3.63, 3.8) is 0 Å². The van der Waals surface area contributed by atoms with Gasteiger partial charge >= 0.3 is 0 Å². The first-order chi connectivity index (χ1) is 11.2. The first-order valence-corrected chi connectivity index (χ1v) is 7.82. The topological polar surface area (TPSA) is 47.6 Å². The molecule has 0 saturated heterocycles. The van der Waals surface area contributed by atoms with Crippen LogP contribution in [0.1, 0.15) is 32.8 Å². The van der Waals surface area contributed by atoms with Crippen LogP contribution >= 0.6 is 11.6 Å². The quantitative estimate of drug-likeness (QED) is 0.654. The van der Waals surface area contributed by atoms with E-state index in [4.69, 9.17) is 16.3 Å². The summed E-state index contributed by atoms with van der Waals surface area (Å²) in [5, 5.41) is 2.92. The molecule has 1 aromatic carbocycles. The molecule has 0 aliphatic carbocycles. The summed E-state index contributed by atoms with van der Waals surface area (Å²) in [5.74, 6) is -2.18. The van der Waals surface area contributed by atoms with Gasteiger partial charge in [-0.2, -0.15) is 4.39 Å². The Morgan fingerprint density at radius 3 is 2.38 bits per heavy atom. The second-order valence-corrected chi connectivity index (χ2v) is 6.48. The zero-order valence-corrected chi connectivity index (χ0v) is 15.0. The van der Waals surface area contributed by atoms with E-state index in [9.17, 15) is 13.6 Å². The van der Waals surface area contributed by atoms with E-state index in [1.807, 2.05) is 26.8 Å². The molecule has 7 heteroatoms. The highest BCUT2D eigenvalue weighted by molar-refractivity contribution is 6.31. The number of rotatable bonds is 3. The van der Waals surface area contributed by atoms with Crippen molar-refractivity contribution in [2.45, 2.75) is 32.8 Å². The van der Waals surface area contributed by atoms with Crippen LogP contribution in [0.5, 0.6) is 5.75 Å². The van der Waals surface area contributed by atoms with Gasteiger partial charge in [0.25, 0.3) is 6.47 Å². The molecule has 1 heterocycles. The smallest absolute Gasteiger partial charge is 0.293 e. The SMILES string of the molecule is CC(C)(C)OC=O.COc1c(C2=CCNCC2)cc(Cl)c(F)c1F. The lowest BCUT2D eigenvalue weighted by molar-refractivity contribution is -0.138. The first-order valence-electron chi connectivity index (χ1n) is 7.44. The number of methoxy groups -OCH3 is 1. The Labute approximate surface area is 145 Å². The maximum absolute atomic E-state index is 13.7. The first kappa shape index (κ1) is 20.4. The van der Waals surface area contributed by atoms with Crippen molar-refractivity contribution in [2.24, 2.45) is 0 Å². The summed E-state index contributed by atoms with van der Waals surface area (Å²) < 4.78 is 36.4. The van der Waals surface area contributed by atoms with Crippen LogP contribution in [0.3, 0.4) is 0 Å². The number of halogens is 3. The third-order valence-electron chi connectivity index (χ3n) is 3.13. The molecule has 1 aliphatic heterocycles. The van der Waals surface area contributed by atoms with Gasteiger partial charge in [0, 0.05) is 12.1 Å². The van der Waals surface area contributed by atoms with E-state index in [-0.39, 0.29) is 16.4 Å². The molecule has 0 atom stereocenters. The number of hydrogen-bond acceptors (Lipinski definition) is 4. The second kappa shape index (κ2) is 8.99. The van der Waals surface area contributed by atoms with Crippen LogP contribution in [0.15, 0.2) is 12.1 Å². The number of carbonyl (C=O) groups is 1. The third-order valence-corrected chi connectivity index (χ3v) is 3.41. The second-order valence-electron chi connectivity index (χ2n) is 6.08. The van der Waals surface area contributed by atoms with Gasteiger partial charge < -0.3 is 14.8 Å². The fraction of sp³-hybridized carbons (Fsp3) is 0.471. The van der Waals surface area contributed by atoms with Gasteiger partial charge in [-0.25, -0.2) is 4.39 Å². The molecule has 0 aromatic heterocycles. The molecule has 0 unspecified atom stereocenters. The molecule has 0 amide bonds. The van der Waals surface area contributed by atoms with Crippen LogP contribution in [-0.4, -0.2) is 32.3 Å². The van der Waals surface area contributed by atoms with Gasteiger partial charge in [-0.3, -0.25) is 4.79 Å². The van der Waals surface area contributed by atoms with Gasteiger partial charge in [0.2, 0.25) is 5.82 Å². The number of benzene rings is 1. The van der Waals surface area contributed by atoms with Crippen molar-refractivity contribution in [2.75, 3.05) is 20.2 Å². The average Bonchev–Trinajstić information content (AvgIpc) is 2.52. The summed E-state index contributed by atoms with van der Waals surface area (Å²) in [4.78, 5) is 9.60. The molecular weight excluding hydrogens is 340 g/mol. The van der Waals surface area contributed by atoms with E-state index >= 15 is 0 Å². The zero-order valence-electron chi connectivity index (χ0n) is 14.2. The molecule has 0 spiro atoms. The highest BCUT2D eigenvalue weighted by Gasteiger charge is 2.21. The number of ether oxygens (including phenoxy) is 2. The minimum absolute atomic E-state index is 0.0833. The lowest BCUT2D eigenvalue weighted by Crippen LogP contribution is -2.20. The fourth-order valence-corrected chi connectivity index (χ4v) is 2.22. The van der Waals surface area contributed by atoms with Crippen LogP contribution in [0.2, 0.25) is 5.02 Å². The Morgan fingerprint density at radius 1 is 1.29 bits per heavy atom. The van der Waals surface area contributed by atoms with Crippen LogP contribution in [0.25, 0.3) is 5.57 Å². The van der Waals surface area contributed by atoms with E-state index in [2.05, 4.69) is 10.1 Å². The highest BCUT2D eigenvalue weighted by atomic mass is 35.5. The van der Waals surface area contributed by atoms with Crippen molar-refractivity contribution < 1.29 is 23.0 Å². The monoisotopic (exact) mass is 361 g/mol. The van der Waals surface area contributed by atoms with Crippen molar-refractivity contribution >= 4 is 23.6 Å². The summed E-state index contributed by atoms with van der Waals surface area (Å²) in [6.45, 7) is 7.42. The predicted octanol–water partition coefficient (Wildman–Crippen LogP) is 3.96. The Morgan fingerprint density at radius 2 is 1.96 bits per heavy atom. The highest BCUT2D eigenvalue weighted by Crippen LogP contribution is 2.36. The van der Waals surface area contributed by atoms with Crippen molar-refractivity contribution in [1.82, 2.24) is 5.32 Å². The van der Waals surface area contributed by atoms with E-state index in [1.165, 1.54) is 13.2 Å². The average molecular weight is 362 g/mol. The van der Waals surface area contributed by atoms with Gasteiger partial charge in [0.1, 0.15) is 5.60 Å². The predicted molar refractivity (Wildman–Crippen MR) is 90.3 cm³/mol. The third kappa shape index (κ3) is 5.76. The molecule has 0 fully saturated rings. The Kier molecular flexibility index (Phi) is 7.63. The van der Waals surface area contributed by atoms with Crippen LogP contribution in [-0.2, 0) is 9.53 Å². The molecule has 0 radical (unpaired) electrons. The van der Waals surface area contributed by atoms with Gasteiger partial charge in [0.05, 0.1) is 12.1 Å². The van der Waals surface area contributed by atoms with E-state index < -0.39 is 11.6 Å². The molecule has 2 rings (SSSR count). The summed E-state index contributed by atoms with van der Waals surface area (Å²) in [5.41, 5.74) is 1.13. The molecule has 1 aliphatic rings. The van der Waals surface area contributed by atoms with Crippen molar-refractivity contribution in [3.8, 4) is 5.75 Å². The van der Waals surface area contributed by atoms with Gasteiger partial charge in [-0.15, -0.1) is 0 Å². The Hall–Kier alpha value is -1.66. The molecule has 4 nitrogen and oxygen atoms in total. The molecule has 1 aromatic rings. The zero-order chi connectivity index (χ0) is 18.3. The maximum Gasteiger partial charge on any atom is 0.293 e. The lowest BCUT2D eigenvalue weighted by atomic mass is 9.99. The standard InChI is InChI=1S/C12H12ClF2NO.C5H10O2/c1-17-12-8(7-2-4-16-5-3-7)6-9(13)10(14)11(12)15;1-5(2,3)7-4-6/h2,6,16H,3-5H2,1H3;4H,1-3H3. The van der Waals surface area contributed by atoms with E-state index in [0.29, 0.717) is 18.6 Å². The van der Waals surface area contributed by atoms with Crippen LogP contribution in [0, 0.1) is 11.6 Å². The lowest BCUT2D eigenvalue weighted by Gasteiger charge is -2.17. The molecule has 1 N–H and O–H groups in total. The summed E-state index contributed by atoms with van der Waals surface area (Å²) in [7, 11) is 1.32. The van der Waals surface area contributed by atoms with Crippen molar-refractivity contribution in [1.29, 1.82) is 0 Å². The Balaban J connectivity index is 0.000000351. The molecule has 24 heavy (non-hydrogen) atoms. The maximum atomic E-state index is 13.7. The Bertz CT molecular complexity index is 613. The minimum Gasteiger partial charge on any atom is -0.493 e. The van der Waals surface area contributed by atoms with Crippen LogP contribution in [0.4, 0.5) is 8.78 Å². The molecular formula is C17H22ClF2NO3. The number of nitrogens with one attached hydrogen (secondary N) is 1. The summed E-state index contributed by atoms with van der Waals surface area (Å²) in [6.07, 6.45) is 2.66. The largest absolute Gasteiger partial charge is 0.493 e. The number of carbonyl (C=O) groups excluding carboxylic acids is 1. The fourth-order valence-electron chi connectivity index (χ4n) is 2.03. The van der Waals surface area contributed by atoms with E-state index in [0.717, 1.165) is 18.5 Å².